The maximum Gasteiger partial charge on any atom is 0.155 e. The van der Waals surface area contributed by atoms with Gasteiger partial charge >= 0.3 is 0 Å². The molecule has 5 heteroatoms. The van der Waals surface area contributed by atoms with Crippen LogP contribution < -0.4 is 5.32 Å². The molecule has 1 fully saturated rings. The van der Waals surface area contributed by atoms with Crippen LogP contribution in [-0.2, 0) is 11.1 Å². The van der Waals surface area contributed by atoms with Gasteiger partial charge in [-0.1, -0.05) is 12.8 Å². The van der Waals surface area contributed by atoms with Gasteiger partial charge in [0.2, 0.25) is 0 Å². The predicted molar refractivity (Wildman–Crippen MR) is 50.8 cm³/mol. The van der Waals surface area contributed by atoms with Crippen molar-refractivity contribution >= 4 is 11.1 Å². The molecule has 0 saturated heterocycles. The van der Waals surface area contributed by atoms with Gasteiger partial charge in [0.25, 0.3) is 0 Å². The molecule has 0 aromatic heterocycles. The fourth-order valence-electron chi connectivity index (χ4n) is 1.64. The number of hydrogen-bond donors (Lipinski definition) is 2. The summed E-state index contributed by atoms with van der Waals surface area (Å²) in [7, 11) is 0. The van der Waals surface area contributed by atoms with Gasteiger partial charge in [0.15, 0.2) is 11.1 Å². The van der Waals surface area contributed by atoms with Crippen molar-refractivity contribution in [3.05, 3.63) is 0 Å². The molecule has 3 nitrogen and oxygen atoms in total. The third kappa shape index (κ3) is 4.69. The van der Waals surface area contributed by atoms with Gasteiger partial charge in [0.05, 0.1) is 5.75 Å². The van der Waals surface area contributed by atoms with E-state index in [1.165, 1.54) is 12.8 Å². The second-order valence-corrected chi connectivity index (χ2v) is 4.45. The molecule has 0 aromatic rings. The van der Waals surface area contributed by atoms with Gasteiger partial charge in [-0.25, -0.2) is 8.60 Å². The molecule has 0 radical (unpaired) electrons. The highest BCUT2D eigenvalue weighted by atomic mass is 32.2. The molecule has 1 aliphatic rings. The van der Waals surface area contributed by atoms with E-state index in [1.54, 1.807) is 0 Å². The Morgan fingerprint density at radius 2 is 2.15 bits per heavy atom. The Morgan fingerprint density at radius 3 is 2.69 bits per heavy atom. The summed E-state index contributed by atoms with van der Waals surface area (Å²) in [5, 5.41) is 3.07. The van der Waals surface area contributed by atoms with Crippen LogP contribution in [0.4, 0.5) is 4.39 Å². The number of alkyl halides is 1. The van der Waals surface area contributed by atoms with Crippen LogP contribution in [0.2, 0.25) is 0 Å². The molecule has 0 aliphatic heterocycles. The molecule has 2 atom stereocenters. The van der Waals surface area contributed by atoms with Gasteiger partial charge in [0.1, 0.15) is 6.17 Å². The van der Waals surface area contributed by atoms with Crippen molar-refractivity contribution in [2.24, 2.45) is 0 Å². The van der Waals surface area contributed by atoms with Crippen molar-refractivity contribution in [1.29, 1.82) is 0 Å². The van der Waals surface area contributed by atoms with E-state index in [1.807, 2.05) is 0 Å². The summed E-state index contributed by atoms with van der Waals surface area (Å²) in [6, 6.07) is 0.422. The smallest absolute Gasteiger partial charge is 0.155 e. The topological polar surface area (TPSA) is 49.3 Å². The van der Waals surface area contributed by atoms with E-state index in [-0.39, 0.29) is 12.3 Å². The first kappa shape index (κ1) is 11.1. The normalized spacial score (nSPS) is 23.2. The average Bonchev–Trinajstić information content (AvgIpc) is 2.51. The lowest BCUT2D eigenvalue weighted by molar-refractivity contribution is 0.328. The number of halogens is 1. The standard InChI is InChI=1S/C8H16FNO2S/c9-7(6-13(11)12)5-10-8-3-1-2-4-8/h7-8,10H,1-6H2,(H,11,12)/t7-/m1/s1. The highest BCUT2D eigenvalue weighted by Gasteiger charge is 2.16. The molecule has 0 aromatic carbocycles. The Morgan fingerprint density at radius 1 is 1.54 bits per heavy atom. The maximum absolute atomic E-state index is 12.9. The third-order valence-corrected chi connectivity index (χ3v) is 2.95. The predicted octanol–water partition coefficient (Wildman–Crippen LogP) is 1.08. The number of hydrogen-bond acceptors (Lipinski definition) is 2. The van der Waals surface area contributed by atoms with Crippen LogP contribution in [0.25, 0.3) is 0 Å². The quantitative estimate of drug-likeness (QED) is 0.666. The lowest BCUT2D eigenvalue weighted by atomic mass is 10.2. The molecule has 1 unspecified atom stereocenters. The Hall–Kier alpha value is -0.0000000000000000486. The van der Waals surface area contributed by atoms with E-state index in [0.29, 0.717) is 6.04 Å². The van der Waals surface area contributed by atoms with Crippen molar-refractivity contribution in [2.45, 2.75) is 37.9 Å². The van der Waals surface area contributed by atoms with Gasteiger partial charge < -0.3 is 9.87 Å². The van der Waals surface area contributed by atoms with Crippen molar-refractivity contribution < 1.29 is 13.2 Å². The fourth-order valence-corrected chi connectivity index (χ4v) is 2.07. The van der Waals surface area contributed by atoms with E-state index < -0.39 is 17.3 Å². The fraction of sp³-hybridized carbons (Fsp3) is 1.00. The van der Waals surface area contributed by atoms with Gasteiger partial charge in [-0.2, -0.15) is 0 Å². The zero-order valence-corrected chi connectivity index (χ0v) is 8.36. The van der Waals surface area contributed by atoms with Gasteiger partial charge in [-0.3, -0.25) is 0 Å². The van der Waals surface area contributed by atoms with Gasteiger partial charge in [0, 0.05) is 12.6 Å². The van der Waals surface area contributed by atoms with Crippen LogP contribution in [0.5, 0.6) is 0 Å². The van der Waals surface area contributed by atoms with Gasteiger partial charge in [-0.05, 0) is 12.8 Å². The van der Waals surface area contributed by atoms with E-state index in [2.05, 4.69) is 5.32 Å². The van der Waals surface area contributed by atoms with Crippen molar-refractivity contribution in [3.63, 3.8) is 0 Å². The minimum Gasteiger partial charge on any atom is -0.311 e. The second-order valence-electron chi connectivity index (χ2n) is 3.48. The third-order valence-electron chi connectivity index (χ3n) is 2.31. The Balaban J connectivity index is 2.06. The first-order valence-electron chi connectivity index (χ1n) is 4.63. The van der Waals surface area contributed by atoms with Crippen molar-refractivity contribution in [1.82, 2.24) is 5.32 Å². The first-order chi connectivity index (χ1) is 6.18. The molecule has 0 heterocycles. The molecule has 0 amide bonds. The lowest BCUT2D eigenvalue weighted by Crippen LogP contribution is -2.34. The Bertz CT molecular complexity index is 174. The first-order valence-corrected chi connectivity index (χ1v) is 5.91. The molecule has 1 aliphatic carbocycles. The minimum atomic E-state index is -2.01. The zero-order chi connectivity index (χ0) is 9.68. The van der Waals surface area contributed by atoms with E-state index in [4.69, 9.17) is 4.55 Å². The minimum absolute atomic E-state index is 0.205. The number of rotatable bonds is 5. The second kappa shape index (κ2) is 5.67. The molecule has 78 valence electrons. The molecular formula is C8H16FNO2S. The highest BCUT2D eigenvalue weighted by molar-refractivity contribution is 7.79. The SMILES string of the molecule is O=S(O)C[C@H](F)CNC1CCCC1. The maximum atomic E-state index is 12.9. The molecule has 0 spiro atoms. The molecule has 1 rings (SSSR count). The summed E-state index contributed by atoms with van der Waals surface area (Å²) >= 11 is -2.01. The van der Waals surface area contributed by atoms with Crippen LogP contribution in [0, 0.1) is 0 Å². The highest BCUT2D eigenvalue weighted by Crippen LogP contribution is 2.17. The summed E-state index contributed by atoms with van der Waals surface area (Å²) in [5.74, 6) is -0.278. The summed E-state index contributed by atoms with van der Waals surface area (Å²) in [5.41, 5.74) is 0. The Labute approximate surface area is 80.4 Å². The molecule has 2 N–H and O–H groups in total. The van der Waals surface area contributed by atoms with E-state index in [0.717, 1.165) is 12.8 Å². The zero-order valence-electron chi connectivity index (χ0n) is 7.54. The van der Waals surface area contributed by atoms with Crippen LogP contribution in [0.1, 0.15) is 25.7 Å². The van der Waals surface area contributed by atoms with E-state index >= 15 is 0 Å². The van der Waals surface area contributed by atoms with Crippen molar-refractivity contribution in [3.8, 4) is 0 Å². The Kier molecular flexibility index (Phi) is 4.83. The molecule has 1 saturated carbocycles. The molecule has 13 heavy (non-hydrogen) atoms. The van der Waals surface area contributed by atoms with Gasteiger partial charge in [-0.15, -0.1) is 0 Å². The molecular weight excluding hydrogens is 193 g/mol. The van der Waals surface area contributed by atoms with Crippen LogP contribution in [0.15, 0.2) is 0 Å². The summed E-state index contributed by atoms with van der Waals surface area (Å²) in [6.45, 7) is 0.205. The van der Waals surface area contributed by atoms with E-state index in [9.17, 15) is 8.60 Å². The molecule has 0 bridgehead atoms. The largest absolute Gasteiger partial charge is 0.311 e. The summed E-state index contributed by atoms with van der Waals surface area (Å²) in [6.07, 6.45) is 3.43. The lowest BCUT2D eigenvalue weighted by Gasteiger charge is -2.13. The van der Waals surface area contributed by atoms with Crippen molar-refractivity contribution in [2.75, 3.05) is 12.3 Å². The van der Waals surface area contributed by atoms with Crippen LogP contribution >= 0.6 is 0 Å². The monoisotopic (exact) mass is 209 g/mol. The van der Waals surface area contributed by atoms with Crippen LogP contribution in [-0.4, -0.2) is 33.3 Å². The summed E-state index contributed by atoms with van der Waals surface area (Å²) < 4.78 is 31.6. The summed E-state index contributed by atoms with van der Waals surface area (Å²) in [4.78, 5) is 0. The average molecular weight is 209 g/mol. The van der Waals surface area contributed by atoms with Crippen LogP contribution in [0.3, 0.4) is 0 Å². The number of nitrogens with one attached hydrogen (secondary N) is 1.